The zero-order valence-corrected chi connectivity index (χ0v) is 16.3. The number of ether oxygens (including phenoxy) is 1. The van der Waals surface area contributed by atoms with Crippen LogP contribution in [-0.2, 0) is 11.2 Å². The average Bonchev–Trinajstić information content (AvgIpc) is 2.94. The highest BCUT2D eigenvalue weighted by atomic mass is 32.2. The maximum absolute atomic E-state index is 13.1. The second-order valence-corrected chi connectivity index (χ2v) is 7.08. The Morgan fingerprint density at radius 1 is 1.32 bits per heavy atom. The first-order valence-electron chi connectivity index (χ1n) is 8.45. The van der Waals surface area contributed by atoms with Gasteiger partial charge in [0.2, 0.25) is 0 Å². The molecule has 2 aromatic carbocycles. The van der Waals surface area contributed by atoms with E-state index < -0.39 is 0 Å². The van der Waals surface area contributed by atoms with Crippen molar-refractivity contribution in [3.63, 3.8) is 0 Å². The number of amidine groups is 1. The molecule has 7 heteroatoms. The van der Waals surface area contributed by atoms with Gasteiger partial charge in [0, 0.05) is 12.6 Å². The van der Waals surface area contributed by atoms with Crippen molar-refractivity contribution in [3.05, 3.63) is 70.9 Å². The Morgan fingerprint density at radius 3 is 2.68 bits per heavy atom. The minimum Gasteiger partial charge on any atom is -0.504 e. The quantitative estimate of drug-likeness (QED) is 0.595. The molecule has 0 bridgehead atoms. The van der Waals surface area contributed by atoms with Gasteiger partial charge in [-0.05, 0) is 66.2 Å². The number of phenols is 1. The molecule has 0 saturated carbocycles. The van der Waals surface area contributed by atoms with E-state index in [1.807, 2.05) is 0 Å². The molecule has 28 heavy (non-hydrogen) atoms. The molecule has 0 atom stereocenters. The van der Waals surface area contributed by atoms with Crippen LogP contribution in [0, 0.1) is 5.82 Å². The number of methoxy groups -OCH3 is 1. The smallest absolute Gasteiger partial charge is 0.266 e. The van der Waals surface area contributed by atoms with E-state index in [4.69, 9.17) is 4.74 Å². The lowest BCUT2D eigenvalue weighted by molar-refractivity contribution is -0.121. The fourth-order valence-electron chi connectivity index (χ4n) is 2.67. The van der Waals surface area contributed by atoms with Crippen LogP contribution in [0.25, 0.3) is 6.08 Å². The molecule has 3 rings (SSSR count). The number of hydrogen-bond donors (Lipinski definition) is 1. The minimum absolute atomic E-state index is 0.0608. The number of amides is 1. The molecular weight excluding hydrogens is 379 g/mol. The number of carbonyl (C=O) groups is 1. The van der Waals surface area contributed by atoms with Gasteiger partial charge in [-0.15, -0.1) is 6.58 Å². The van der Waals surface area contributed by atoms with Crippen LogP contribution in [0.5, 0.6) is 11.5 Å². The first-order valence-corrected chi connectivity index (χ1v) is 9.27. The zero-order chi connectivity index (χ0) is 20.3. The van der Waals surface area contributed by atoms with Crippen molar-refractivity contribution >= 4 is 34.6 Å². The van der Waals surface area contributed by atoms with E-state index in [-0.39, 0.29) is 17.5 Å². The fourth-order valence-corrected chi connectivity index (χ4v) is 3.66. The molecule has 144 valence electrons. The van der Waals surface area contributed by atoms with Crippen molar-refractivity contribution in [1.29, 1.82) is 0 Å². The number of thioether (sulfide) groups is 1. The molecule has 1 fully saturated rings. The van der Waals surface area contributed by atoms with Gasteiger partial charge in [0.15, 0.2) is 16.7 Å². The van der Waals surface area contributed by atoms with E-state index in [1.54, 1.807) is 43.5 Å². The molecule has 0 unspecified atom stereocenters. The summed E-state index contributed by atoms with van der Waals surface area (Å²) >= 11 is 1.23. The molecule has 1 heterocycles. The van der Waals surface area contributed by atoms with Gasteiger partial charge in [-0.3, -0.25) is 9.69 Å². The maximum atomic E-state index is 13.1. The molecule has 5 nitrogen and oxygen atoms in total. The summed E-state index contributed by atoms with van der Waals surface area (Å²) in [5.74, 6) is -0.145. The normalized spacial score (nSPS) is 16.8. The van der Waals surface area contributed by atoms with Crippen LogP contribution in [0.1, 0.15) is 11.1 Å². The van der Waals surface area contributed by atoms with Crippen LogP contribution in [0.4, 0.5) is 10.1 Å². The van der Waals surface area contributed by atoms with Crippen molar-refractivity contribution in [2.24, 2.45) is 4.99 Å². The largest absolute Gasteiger partial charge is 0.504 e. The fraction of sp³-hybridized carbons (Fsp3) is 0.143. The third-order valence-electron chi connectivity index (χ3n) is 4.11. The predicted octanol–water partition coefficient (Wildman–Crippen LogP) is 4.50. The summed E-state index contributed by atoms with van der Waals surface area (Å²) in [6.07, 6.45) is 3.88. The van der Waals surface area contributed by atoms with Gasteiger partial charge in [0.05, 0.1) is 17.7 Å². The van der Waals surface area contributed by atoms with Crippen LogP contribution in [0.3, 0.4) is 0 Å². The summed E-state index contributed by atoms with van der Waals surface area (Å²) in [7, 11) is 3.11. The van der Waals surface area contributed by atoms with Crippen LogP contribution < -0.4 is 4.74 Å². The number of allylic oxidation sites excluding steroid dienone is 1. The summed E-state index contributed by atoms with van der Waals surface area (Å²) < 4.78 is 18.3. The molecule has 1 amide bonds. The van der Waals surface area contributed by atoms with Gasteiger partial charge < -0.3 is 9.84 Å². The lowest BCUT2D eigenvalue weighted by Gasteiger charge is -2.09. The lowest BCUT2D eigenvalue weighted by Crippen LogP contribution is -2.23. The number of aliphatic imine (C=N–C) groups is 1. The van der Waals surface area contributed by atoms with Gasteiger partial charge in [-0.25, -0.2) is 9.38 Å². The Labute approximate surface area is 166 Å². The number of benzene rings is 2. The second kappa shape index (κ2) is 8.31. The molecule has 1 aliphatic rings. The number of halogens is 1. The molecule has 2 aromatic rings. The summed E-state index contributed by atoms with van der Waals surface area (Å²) in [6.45, 7) is 3.69. The summed E-state index contributed by atoms with van der Waals surface area (Å²) in [5.41, 5.74) is 1.94. The van der Waals surface area contributed by atoms with Crippen molar-refractivity contribution in [2.45, 2.75) is 6.42 Å². The van der Waals surface area contributed by atoms with E-state index in [2.05, 4.69) is 11.6 Å². The molecule has 1 saturated heterocycles. The van der Waals surface area contributed by atoms with Crippen LogP contribution in [0.15, 0.2) is 59.0 Å². The topological polar surface area (TPSA) is 62.1 Å². The van der Waals surface area contributed by atoms with E-state index in [1.165, 1.54) is 35.9 Å². The van der Waals surface area contributed by atoms with E-state index in [0.29, 0.717) is 33.5 Å². The van der Waals surface area contributed by atoms with Crippen molar-refractivity contribution in [3.8, 4) is 11.5 Å². The van der Waals surface area contributed by atoms with Crippen LogP contribution in [0.2, 0.25) is 0 Å². The van der Waals surface area contributed by atoms with Gasteiger partial charge in [-0.2, -0.15) is 0 Å². The zero-order valence-electron chi connectivity index (χ0n) is 15.5. The van der Waals surface area contributed by atoms with Crippen LogP contribution >= 0.6 is 11.8 Å². The van der Waals surface area contributed by atoms with Gasteiger partial charge in [0.1, 0.15) is 5.82 Å². The Bertz CT molecular complexity index is 984. The summed E-state index contributed by atoms with van der Waals surface area (Å²) in [4.78, 5) is 18.9. The van der Waals surface area contributed by atoms with E-state index in [0.717, 1.165) is 5.56 Å². The lowest BCUT2D eigenvalue weighted by atomic mass is 10.1. The minimum atomic E-state index is -0.343. The molecule has 0 spiro atoms. The number of phenolic OH excluding ortho intramolecular Hbond substituents is 1. The number of nitrogens with zero attached hydrogens (tertiary/aromatic N) is 2. The van der Waals surface area contributed by atoms with E-state index in [9.17, 15) is 14.3 Å². The van der Waals surface area contributed by atoms with Gasteiger partial charge in [0.25, 0.3) is 5.91 Å². The molecule has 0 aromatic heterocycles. The van der Waals surface area contributed by atoms with Crippen LogP contribution in [-0.4, -0.2) is 35.2 Å². The number of rotatable bonds is 5. The first kappa shape index (κ1) is 19.7. The Kier molecular flexibility index (Phi) is 5.84. The maximum Gasteiger partial charge on any atom is 0.266 e. The van der Waals surface area contributed by atoms with E-state index >= 15 is 0 Å². The number of likely N-dealkylation sites (N-methyl/N-ethyl adjacent to an activating group) is 1. The number of carbonyl (C=O) groups excluding carboxylic acids is 1. The number of aromatic hydroxyl groups is 1. The molecule has 0 radical (unpaired) electrons. The Morgan fingerprint density at radius 2 is 2.04 bits per heavy atom. The van der Waals surface area contributed by atoms with Gasteiger partial charge in [-0.1, -0.05) is 6.08 Å². The highest BCUT2D eigenvalue weighted by molar-refractivity contribution is 8.18. The molecule has 1 aliphatic heterocycles. The standard InChI is InChI=1S/C21H19FN2O3S/c1-4-5-14-10-13(11-17(27-3)19(14)25)12-18-20(26)24(2)21(28-18)23-16-8-6-15(22)7-9-16/h4,6-12,25H,1,5H2,2-3H3/b18-12+,23-21?. The van der Waals surface area contributed by atoms with Crippen molar-refractivity contribution in [2.75, 3.05) is 14.2 Å². The third kappa shape index (κ3) is 4.09. The van der Waals surface area contributed by atoms with Crippen molar-refractivity contribution < 1.29 is 19.0 Å². The van der Waals surface area contributed by atoms with Gasteiger partial charge >= 0.3 is 0 Å². The highest BCUT2D eigenvalue weighted by Gasteiger charge is 2.30. The number of hydrogen-bond acceptors (Lipinski definition) is 5. The molecular formula is C21H19FN2O3S. The summed E-state index contributed by atoms with van der Waals surface area (Å²) in [6, 6.07) is 9.20. The third-order valence-corrected chi connectivity index (χ3v) is 5.17. The molecule has 1 N–H and O–H groups in total. The molecule has 0 aliphatic carbocycles. The predicted molar refractivity (Wildman–Crippen MR) is 110 cm³/mol. The first-order chi connectivity index (χ1) is 13.4. The SMILES string of the molecule is C=CCc1cc(/C=C2/SC(=Nc3ccc(F)cc3)N(C)C2=O)cc(OC)c1O. The van der Waals surface area contributed by atoms with Crippen molar-refractivity contribution in [1.82, 2.24) is 4.90 Å². The average molecular weight is 398 g/mol. The Balaban J connectivity index is 1.94. The monoisotopic (exact) mass is 398 g/mol. The highest BCUT2D eigenvalue weighted by Crippen LogP contribution is 2.36. The second-order valence-electron chi connectivity index (χ2n) is 6.07. The Hall–Kier alpha value is -3.06. The summed E-state index contributed by atoms with van der Waals surface area (Å²) in [5, 5.41) is 10.7.